The normalized spacial score (nSPS) is 12.7. The lowest BCUT2D eigenvalue weighted by atomic mass is 9.67. The van der Waals surface area contributed by atoms with Gasteiger partial charge < -0.3 is 9.47 Å². The van der Waals surface area contributed by atoms with E-state index in [9.17, 15) is 0 Å². The Labute approximate surface area is 411 Å². The van der Waals surface area contributed by atoms with Crippen LogP contribution in [0.1, 0.15) is 22.3 Å². The zero-order valence-corrected chi connectivity index (χ0v) is 39.0. The molecule has 0 amide bonds. The molecule has 1 aliphatic carbocycles. The Bertz CT molecular complexity index is 4070. The molecule has 0 saturated heterocycles. The first kappa shape index (κ1) is 40.3. The fourth-order valence-corrected chi connectivity index (χ4v) is 12.8. The molecule has 328 valence electrons. The van der Waals surface area contributed by atoms with Crippen molar-refractivity contribution in [3.8, 4) is 39.1 Å². The second-order valence-electron chi connectivity index (χ2n) is 18.4. The Balaban J connectivity index is 0.977. The number of para-hydroxylation sites is 2. The zero-order chi connectivity index (χ0) is 46.2. The van der Waals surface area contributed by atoms with Crippen LogP contribution in [0.15, 0.2) is 267 Å². The van der Waals surface area contributed by atoms with Gasteiger partial charge in [-0.15, -0.1) is 11.3 Å². The predicted octanol–water partition coefficient (Wildman–Crippen LogP) is 18.3. The van der Waals surface area contributed by atoms with Crippen molar-refractivity contribution in [2.75, 3.05) is 4.90 Å². The van der Waals surface area contributed by atoms with Gasteiger partial charge in [0.15, 0.2) is 0 Å². The van der Waals surface area contributed by atoms with Gasteiger partial charge in [-0.2, -0.15) is 0 Å². The van der Waals surface area contributed by atoms with Crippen LogP contribution in [0, 0.1) is 0 Å². The molecular formula is C67H44N2S. The number of hydrogen-bond donors (Lipinski definition) is 0. The Morgan fingerprint density at radius 2 is 0.900 bits per heavy atom. The molecule has 2 heterocycles. The summed E-state index contributed by atoms with van der Waals surface area (Å²) in [6.07, 6.45) is 0. The molecule has 70 heavy (non-hydrogen) atoms. The van der Waals surface area contributed by atoms with E-state index in [0.717, 1.165) is 22.7 Å². The summed E-state index contributed by atoms with van der Waals surface area (Å²) < 4.78 is 4.95. The SMILES string of the molecule is c1ccc(-c2ccc(N(c3cccc(C4(c5ccccc5)c5ccccc5-c5ccccc54)c3)c3ccc4sc5cccc(-c6ccc7c8ccccc8n(-c8ccccc8)c7c6)c5c4c3)cc2)cc1. The maximum absolute atomic E-state index is 2.46. The van der Waals surface area contributed by atoms with Crippen molar-refractivity contribution in [2.24, 2.45) is 0 Å². The second-order valence-corrected chi connectivity index (χ2v) is 19.5. The molecule has 0 spiro atoms. The number of nitrogens with zero attached hydrogens (tertiary/aromatic N) is 2. The number of aromatic nitrogens is 1. The van der Waals surface area contributed by atoms with Gasteiger partial charge in [-0.1, -0.05) is 194 Å². The van der Waals surface area contributed by atoms with E-state index in [0.29, 0.717) is 0 Å². The van der Waals surface area contributed by atoms with Gasteiger partial charge in [0.2, 0.25) is 0 Å². The van der Waals surface area contributed by atoms with E-state index in [1.54, 1.807) is 0 Å². The number of rotatable bonds is 8. The highest BCUT2D eigenvalue weighted by atomic mass is 32.1. The highest BCUT2D eigenvalue weighted by Crippen LogP contribution is 2.57. The smallest absolute Gasteiger partial charge is 0.0714 e. The topological polar surface area (TPSA) is 8.17 Å². The van der Waals surface area contributed by atoms with E-state index in [-0.39, 0.29) is 0 Å². The third-order valence-electron chi connectivity index (χ3n) is 14.7. The molecule has 2 aromatic heterocycles. The summed E-state index contributed by atoms with van der Waals surface area (Å²) in [7, 11) is 0. The Kier molecular flexibility index (Phi) is 9.33. The number of thiophene rings is 1. The third-order valence-corrected chi connectivity index (χ3v) is 15.8. The minimum absolute atomic E-state index is 0.525. The number of hydrogen-bond acceptors (Lipinski definition) is 2. The van der Waals surface area contributed by atoms with Gasteiger partial charge in [0.1, 0.15) is 0 Å². The van der Waals surface area contributed by atoms with Gasteiger partial charge in [-0.25, -0.2) is 0 Å². The van der Waals surface area contributed by atoms with Gasteiger partial charge in [0, 0.05) is 53.7 Å². The van der Waals surface area contributed by atoms with Crippen molar-refractivity contribution in [2.45, 2.75) is 5.41 Å². The van der Waals surface area contributed by atoms with Gasteiger partial charge in [0.05, 0.1) is 16.4 Å². The molecule has 3 heteroatoms. The summed E-state index contributed by atoms with van der Waals surface area (Å²) in [5, 5.41) is 5.04. The fraction of sp³-hybridized carbons (Fsp3) is 0.0149. The average Bonchev–Trinajstić information content (AvgIpc) is 4.08. The fourth-order valence-electron chi connectivity index (χ4n) is 11.7. The summed E-state index contributed by atoms with van der Waals surface area (Å²) in [5.41, 5.74) is 18.8. The van der Waals surface area contributed by atoms with E-state index >= 15 is 0 Å². The Morgan fingerprint density at radius 1 is 0.329 bits per heavy atom. The molecule has 0 unspecified atom stereocenters. The van der Waals surface area contributed by atoms with Crippen LogP contribution in [0.25, 0.3) is 81.0 Å². The van der Waals surface area contributed by atoms with Crippen LogP contribution in [0.5, 0.6) is 0 Å². The molecule has 0 atom stereocenters. The summed E-state index contributed by atoms with van der Waals surface area (Å²) >= 11 is 1.87. The molecule has 0 saturated carbocycles. The Morgan fingerprint density at radius 3 is 1.67 bits per heavy atom. The number of fused-ring (bicyclic) bond motifs is 9. The lowest BCUT2D eigenvalue weighted by Gasteiger charge is -2.35. The van der Waals surface area contributed by atoms with E-state index in [1.807, 2.05) is 11.3 Å². The quantitative estimate of drug-likeness (QED) is 0.147. The van der Waals surface area contributed by atoms with E-state index < -0.39 is 5.41 Å². The molecule has 0 aliphatic heterocycles. The van der Waals surface area contributed by atoms with Crippen LogP contribution in [0.3, 0.4) is 0 Å². The van der Waals surface area contributed by atoms with Crippen LogP contribution in [0.2, 0.25) is 0 Å². The van der Waals surface area contributed by atoms with Crippen molar-refractivity contribution >= 4 is 70.4 Å². The van der Waals surface area contributed by atoms with Gasteiger partial charge in [-0.05, 0) is 128 Å². The molecule has 1 aliphatic rings. The minimum atomic E-state index is -0.525. The van der Waals surface area contributed by atoms with Crippen LogP contribution < -0.4 is 4.90 Å². The Hall–Kier alpha value is -8.76. The van der Waals surface area contributed by atoms with Crippen LogP contribution in [-0.4, -0.2) is 4.57 Å². The van der Waals surface area contributed by atoms with Gasteiger partial charge in [0.25, 0.3) is 0 Å². The second kappa shape index (κ2) is 16.2. The maximum atomic E-state index is 2.46. The first-order valence-corrected chi connectivity index (χ1v) is 24.9. The number of benzene rings is 11. The lowest BCUT2D eigenvalue weighted by Crippen LogP contribution is -2.28. The first-order valence-electron chi connectivity index (χ1n) is 24.1. The molecule has 14 rings (SSSR count). The molecular weight excluding hydrogens is 865 g/mol. The maximum Gasteiger partial charge on any atom is 0.0714 e. The van der Waals surface area contributed by atoms with E-state index in [4.69, 9.17) is 0 Å². The summed E-state index contributed by atoms with van der Waals surface area (Å²) in [6, 6.07) is 98.6. The summed E-state index contributed by atoms with van der Waals surface area (Å²) in [6.45, 7) is 0. The highest BCUT2D eigenvalue weighted by molar-refractivity contribution is 7.26. The van der Waals surface area contributed by atoms with Crippen molar-refractivity contribution in [1.29, 1.82) is 0 Å². The van der Waals surface area contributed by atoms with Crippen LogP contribution in [-0.2, 0) is 5.41 Å². The lowest BCUT2D eigenvalue weighted by molar-refractivity contribution is 0.768. The van der Waals surface area contributed by atoms with Crippen LogP contribution in [0.4, 0.5) is 17.1 Å². The highest BCUT2D eigenvalue weighted by Gasteiger charge is 2.46. The first-order chi connectivity index (χ1) is 34.7. The monoisotopic (exact) mass is 908 g/mol. The predicted molar refractivity (Wildman–Crippen MR) is 297 cm³/mol. The molecule has 0 bridgehead atoms. The molecule has 0 fully saturated rings. The van der Waals surface area contributed by atoms with Gasteiger partial charge in [-0.3, -0.25) is 0 Å². The molecule has 13 aromatic rings. The van der Waals surface area contributed by atoms with Gasteiger partial charge >= 0.3 is 0 Å². The van der Waals surface area contributed by atoms with Crippen molar-refractivity contribution < 1.29 is 0 Å². The van der Waals surface area contributed by atoms with Crippen molar-refractivity contribution in [3.63, 3.8) is 0 Å². The number of anilines is 3. The summed E-state index contributed by atoms with van der Waals surface area (Å²) in [4.78, 5) is 2.46. The molecule has 2 nitrogen and oxygen atoms in total. The van der Waals surface area contributed by atoms with E-state index in [2.05, 4.69) is 276 Å². The van der Waals surface area contributed by atoms with E-state index in [1.165, 1.54) is 97.6 Å². The van der Waals surface area contributed by atoms with Crippen molar-refractivity contribution in [3.05, 3.63) is 289 Å². The largest absolute Gasteiger partial charge is 0.310 e. The van der Waals surface area contributed by atoms with Crippen molar-refractivity contribution in [1.82, 2.24) is 4.57 Å². The third kappa shape index (κ3) is 6.19. The average molecular weight is 909 g/mol. The molecule has 0 radical (unpaired) electrons. The molecule has 0 N–H and O–H groups in total. The van der Waals surface area contributed by atoms with Crippen LogP contribution >= 0.6 is 11.3 Å². The standard InChI is InChI=1S/C67H44N2S/c1-4-18-45(19-5-1)46-34-37-51(38-35-46)68(52-25-16-22-49(43-52)67(48-20-6-2-7-21-48)60-30-13-10-26-55(60)56-27-11-14-31-61(56)67)53-39-41-64-59(44-53)66-54(29-17-33-65(66)70-64)47-36-40-58-57-28-12-15-32-62(57)69(63(58)42-47)50-23-8-3-9-24-50/h1-44H. The zero-order valence-electron chi connectivity index (χ0n) is 38.2. The molecule has 11 aromatic carbocycles. The summed E-state index contributed by atoms with van der Waals surface area (Å²) in [5.74, 6) is 0. The minimum Gasteiger partial charge on any atom is -0.310 e.